The number of aromatic hydroxyl groups is 1. The van der Waals surface area contributed by atoms with Gasteiger partial charge in [-0.1, -0.05) is 39.7 Å². The topological polar surface area (TPSA) is 40.5 Å². The standard InChI is InChI=1S/C23H35NO2/c1-5-6-7-8-18(25)11-12-23(3)21-15-17-9-10-19(26)16-20(17)22(23,2)13-14-24(21)4/h9-10,16,21,26H,5-8,11-15H2,1-4H3/t21-,22+,23+/m1/s1. The summed E-state index contributed by atoms with van der Waals surface area (Å²) in [6, 6.07) is 6.36. The normalized spacial score (nSPS) is 30.8. The van der Waals surface area contributed by atoms with E-state index in [1.54, 1.807) is 0 Å². The number of likely N-dealkylation sites (N-methyl/N-ethyl adjacent to an activating group) is 1. The molecule has 1 fully saturated rings. The smallest absolute Gasteiger partial charge is 0.132 e. The van der Waals surface area contributed by atoms with Crippen molar-refractivity contribution in [2.75, 3.05) is 13.6 Å². The molecule has 1 aromatic carbocycles. The van der Waals surface area contributed by atoms with Gasteiger partial charge in [0.25, 0.3) is 0 Å². The number of phenolic OH excluding ortho intramolecular Hbond substituents is 1. The fourth-order valence-corrected chi connectivity index (χ4v) is 5.52. The molecule has 1 saturated heterocycles. The van der Waals surface area contributed by atoms with Crippen LogP contribution in [0, 0.1) is 5.41 Å². The molecule has 0 unspecified atom stereocenters. The lowest BCUT2D eigenvalue weighted by Gasteiger charge is -2.62. The van der Waals surface area contributed by atoms with Gasteiger partial charge in [-0.25, -0.2) is 0 Å². The van der Waals surface area contributed by atoms with E-state index < -0.39 is 0 Å². The lowest BCUT2D eigenvalue weighted by molar-refractivity contribution is -0.121. The number of rotatable bonds is 7. The maximum atomic E-state index is 12.5. The molecule has 0 aromatic heterocycles. The Bertz CT molecular complexity index is 670. The number of carbonyl (C=O) groups is 1. The molecule has 0 amide bonds. The molecule has 1 aliphatic carbocycles. The van der Waals surface area contributed by atoms with E-state index in [9.17, 15) is 9.90 Å². The van der Waals surface area contributed by atoms with Gasteiger partial charge in [-0.2, -0.15) is 0 Å². The number of hydrogen-bond acceptors (Lipinski definition) is 3. The van der Waals surface area contributed by atoms with Crippen LogP contribution in [0.25, 0.3) is 0 Å². The first kappa shape index (κ1) is 19.4. The maximum Gasteiger partial charge on any atom is 0.132 e. The van der Waals surface area contributed by atoms with Gasteiger partial charge in [0.1, 0.15) is 11.5 Å². The quantitative estimate of drug-likeness (QED) is 0.710. The molecule has 1 aliphatic heterocycles. The van der Waals surface area contributed by atoms with Crippen molar-refractivity contribution in [2.24, 2.45) is 5.41 Å². The second-order valence-corrected chi connectivity index (χ2v) is 9.04. The van der Waals surface area contributed by atoms with Crippen LogP contribution in [0.2, 0.25) is 0 Å². The van der Waals surface area contributed by atoms with Gasteiger partial charge in [0, 0.05) is 24.3 Å². The number of benzene rings is 1. The van der Waals surface area contributed by atoms with Crippen molar-refractivity contribution in [3.05, 3.63) is 29.3 Å². The van der Waals surface area contributed by atoms with Gasteiger partial charge in [-0.15, -0.1) is 0 Å². The lowest BCUT2D eigenvalue weighted by Crippen LogP contribution is -2.64. The molecule has 0 spiro atoms. The molecule has 0 saturated carbocycles. The Morgan fingerprint density at radius 3 is 2.77 bits per heavy atom. The van der Waals surface area contributed by atoms with Gasteiger partial charge in [0.15, 0.2) is 0 Å². The van der Waals surface area contributed by atoms with E-state index >= 15 is 0 Å². The Hall–Kier alpha value is -1.35. The number of fused-ring (bicyclic) bond motifs is 4. The third-order valence-corrected chi connectivity index (χ3v) is 7.58. The average Bonchev–Trinajstić information content (AvgIpc) is 2.61. The van der Waals surface area contributed by atoms with Crippen LogP contribution in [-0.4, -0.2) is 35.4 Å². The lowest BCUT2D eigenvalue weighted by atomic mass is 9.49. The predicted molar refractivity (Wildman–Crippen MR) is 107 cm³/mol. The van der Waals surface area contributed by atoms with Crippen LogP contribution in [0.3, 0.4) is 0 Å². The first-order valence-corrected chi connectivity index (χ1v) is 10.4. The fraction of sp³-hybridized carbons (Fsp3) is 0.696. The number of Topliss-reactive ketones (excluding diaryl/α,β-unsaturated/α-hetero) is 1. The van der Waals surface area contributed by atoms with Gasteiger partial charge in [0.2, 0.25) is 0 Å². The van der Waals surface area contributed by atoms with E-state index in [1.807, 2.05) is 12.1 Å². The molecule has 1 N–H and O–H groups in total. The number of unbranched alkanes of at least 4 members (excludes halogenated alkanes) is 2. The molecule has 1 heterocycles. The van der Waals surface area contributed by atoms with E-state index in [-0.39, 0.29) is 10.8 Å². The van der Waals surface area contributed by atoms with Crippen molar-refractivity contribution in [2.45, 2.75) is 83.6 Å². The largest absolute Gasteiger partial charge is 0.508 e. The van der Waals surface area contributed by atoms with E-state index in [1.165, 1.54) is 11.1 Å². The molecule has 3 nitrogen and oxygen atoms in total. The van der Waals surface area contributed by atoms with Crippen molar-refractivity contribution in [1.82, 2.24) is 4.90 Å². The van der Waals surface area contributed by atoms with Gasteiger partial charge in [0.05, 0.1) is 0 Å². The molecule has 2 aliphatic rings. The first-order chi connectivity index (χ1) is 12.3. The van der Waals surface area contributed by atoms with Crippen molar-refractivity contribution >= 4 is 5.78 Å². The summed E-state index contributed by atoms with van der Waals surface area (Å²) in [7, 11) is 2.23. The summed E-state index contributed by atoms with van der Waals surface area (Å²) in [6.45, 7) is 8.01. The Kier molecular flexibility index (Phi) is 5.48. The van der Waals surface area contributed by atoms with E-state index in [2.05, 4.69) is 38.8 Å². The van der Waals surface area contributed by atoms with Gasteiger partial charge in [-0.05, 0) is 68.0 Å². The highest BCUT2D eigenvalue weighted by molar-refractivity contribution is 5.78. The molecule has 0 radical (unpaired) electrons. The molecule has 26 heavy (non-hydrogen) atoms. The molecular weight excluding hydrogens is 322 g/mol. The summed E-state index contributed by atoms with van der Waals surface area (Å²) in [5, 5.41) is 10.1. The zero-order valence-electron chi connectivity index (χ0n) is 17.0. The third kappa shape index (κ3) is 3.19. The third-order valence-electron chi connectivity index (χ3n) is 7.58. The van der Waals surface area contributed by atoms with Crippen LogP contribution in [0.5, 0.6) is 5.75 Å². The van der Waals surface area contributed by atoms with Crippen LogP contribution in [0.1, 0.15) is 76.8 Å². The maximum absolute atomic E-state index is 12.5. The molecule has 3 rings (SSSR count). The molecule has 144 valence electrons. The molecule has 3 atom stereocenters. The second-order valence-electron chi connectivity index (χ2n) is 9.04. The molecule has 3 heteroatoms. The van der Waals surface area contributed by atoms with E-state index in [4.69, 9.17) is 0 Å². The Balaban J connectivity index is 1.86. The predicted octanol–water partition coefficient (Wildman–Crippen LogP) is 4.85. The number of hydrogen-bond donors (Lipinski definition) is 1. The molecular formula is C23H35NO2. The number of ketones is 1. The Morgan fingerprint density at radius 1 is 1.27 bits per heavy atom. The van der Waals surface area contributed by atoms with Crippen LogP contribution < -0.4 is 0 Å². The minimum Gasteiger partial charge on any atom is -0.508 e. The number of phenols is 1. The van der Waals surface area contributed by atoms with Crippen molar-refractivity contribution in [3.8, 4) is 5.75 Å². The molecule has 2 bridgehead atoms. The summed E-state index contributed by atoms with van der Waals surface area (Å²) in [5.74, 6) is 0.783. The van der Waals surface area contributed by atoms with Crippen molar-refractivity contribution in [1.29, 1.82) is 0 Å². The fourth-order valence-electron chi connectivity index (χ4n) is 5.52. The van der Waals surface area contributed by atoms with Gasteiger partial charge in [-0.3, -0.25) is 4.79 Å². The summed E-state index contributed by atoms with van der Waals surface area (Å²) in [5.41, 5.74) is 2.75. The number of nitrogens with zero attached hydrogens (tertiary/aromatic N) is 1. The van der Waals surface area contributed by atoms with Crippen LogP contribution in [0.4, 0.5) is 0 Å². The minimum absolute atomic E-state index is 0.0141. The average molecular weight is 358 g/mol. The van der Waals surface area contributed by atoms with E-state index in [0.717, 1.165) is 51.5 Å². The zero-order valence-corrected chi connectivity index (χ0v) is 17.0. The van der Waals surface area contributed by atoms with Crippen LogP contribution >= 0.6 is 0 Å². The van der Waals surface area contributed by atoms with Gasteiger partial charge >= 0.3 is 0 Å². The number of likely N-dealkylation sites (tertiary alicyclic amines) is 1. The summed E-state index contributed by atoms with van der Waals surface area (Å²) in [4.78, 5) is 15.0. The highest BCUT2D eigenvalue weighted by atomic mass is 16.3. The monoisotopic (exact) mass is 357 g/mol. The highest BCUT2D eigenvalue weighted by Gasteiger charge is 2.57. The van der Waals surface area contributed by atoms with Gasteiger partial charge < -0.3 is 10.0 Å². The van der Waals surface area contributed by atoms with Crippen molar-refractivity contribution < 1.29 is 9.90 Å². The Labute approximate surface area is 158 Å². The summed E-state index contributed by atoms with van der Waals surface area (Å²) in [6.07, 6.45) is 7.81. The molecule has 1 aromatic rings. The highest BCUT2D eigenvalue weighted by Crippen LogP contribution is 2.58. The first-order valence-electron chi connectivity index (χ1n) is 10.4. The van der Waals surface area contributed by atoms with Crippen molar-refractivity contribution in [3.63, 3.8) is 0 Å². The Morgan fingerprint density at radius 2 is 2.04 bits per heavy atom. The van der Waals surface area contributed by atoms with E-state index in [0.29, 0.717) is 24.0 Å². The van der Waals surface area contributed by atoms with Crippen LogP contribution in [0.15, 0.2) is 18.2 Å². The zero-order chi connectivity index (χ0) is 18.9. The second kappa shape index (κ2) is 7.34. The minimum atomic E-state index is 0.0141. The number of piperidine rings is 1. The summed E-state index contributed by atoms with van der Waals surface area (Å²) >= 11 is 0. The van der Waals surface area contributed by atoms with Crippen LogP contribution in [-0.2, 0) is 16.6 Å². The number of carbonyl (C=O) groups excluding carboxylic acids is 1. The summed E-state index contributed by atoms with van der Waals surface area (Å²) < 4.78 is 0. The SMILES string of the molecule is CCCCCC(=O)CC[C@@]1(C)[C@H]2Cc3ccc(O)cc3[C@]1(C)CCN2C.